The number of aromatic nitrogens is 1. The van der Waals surface area contributed by atoms with E-state index in [-0.39, 0.29) is 18.2 Å². The summed E-state index contributed by atoms with van der Waals surface area (Å²) < 4.78 is 7.38. The van der Waals surface area contributed by atoms with Crippen molar-refractivity contribution in [1.82, 2.24) is 4.98 Å². The lowest BCUT2D eigenvalue weighted by Gasteiger charge is -2.19. The van der Waals surface area contributed by atoms with Crippen molar-refractivity contribution in [3.05, 3.63) is 82.2 Å². The first-order valence-electron chi connectivity index (χ1n) is 8.52. The normalized spacial score (nSPS) is 10.9. The van der Waals surface area contributed by atoms with Gasteiger partial charge in [0.1, 0.15) is 5.76 Å². The fourth-order valence-corrected chi connectivity index (χ4v) is 4.30. The van der Waals surface area contributed by atoms with E-state index in [2.05, 4.69) is 20.9 Å². The van der Waals surface area contributed by atoms with Crippen molar-refractivity contribution < 1.29 is 14.0 Å². The van der Waals surface area contributed by atoms with Crippen molar-refractivity contribution in [3.63, 3.8) is 0 Å². The number of amides is 1. The van der Waals surface area contributed by atoms with Crippen LogP contribution < -0.4 is 4.90 Å². The number of fused-ring (bicyclic) bond motifs is 1. The lowest BCUT2D eigenvalue weighted by molar-refractivity contribution is 0.0979. The maximum Gasteiger partial charge on any atom is 0.260 e. The minimum Gasteiger partial charge on any atom is -0.467 e. The minimum absolute atomic E-state index is 0.0387. The van der Waals surface area contributed by atoms with Crippen molar-refractivity contribution in [1.29, 1.82) is 0 Å². The van der Waals surface area contributed by atoms with E-state index in [1.807, 2.05) is 24.3 Å². The van der Waals surface area contributed by atoms with Gasteiger partial charge in [0, 0.05) is 15.6 Å². The molecule has 0 atom stereocenters. The predicted octanol–water partition coefficient (Wildman–Crippen LogP) is 5.70. The Morgan fingerprint density at radius 3 is 2.54 bits per heavy atom. The van der Waals surface area contributed by atoms with Gasteiger partial charge in [0.2, 0.25) is 0 Å². The topological polar surface area (TPSA) is 63.4 Å². The van der Waals surface area contributed by atoms with Gasteiger partial charge in [0.05, 0.1) is 23.0 Å². The van der Waals surface area contributed by atoms with Gasteiger partial charge in [-0.3, -0.25) is 14.5 Å². The molecule has 0 spiro atoms. The van der Waals surface area contributed by atoms with Gasteiger partial charge in [0.15, 0.2) is 10.9 Å². The number of furan rings is 1. The number of nitrogens with zero attached hydrogens (tertiary/aromatic N) is 2. The third-order valence-corrected chi connectivity index (χ3v) is 5.78. The van der Waals surface area contributed by atoms with Crippen LogP contribution in [-0.2, 0) is 6.54 Å². The molecule has 5 nitrogen and oxygen atoms in total. The number of hydrogen-bond acceptors (Lipinski definition) is 5. The van der Waals surface area contributed by atoms with Crippen LogP contribution in [-0.4, -0.2) is 16.7 Å². The van der Waals surface area contributed by atoms with Gasteiger partial charge in [0.25, 0.3) is 5.91 Å². The second-order valence-corrected chi connectivity index (χ2v) is 8.14. The van der Waals surface area contributed by atoms with Gasteiger partial charge in [-0.1, -0.05) is 39.4 Å². The van der Waals surface area contributed by atoms with Crippen LogP contribution in [0.15, 0.2) is 69.8 Å². The Bertz CT molecular complexity index is 1150. The maximum absolute atomic E-state index is 13.3. The van der Waals surface area contributed by atoms with Crippen molar-refractivity contribution >= 4 is 54.3 Å². The zero-order valence-electron chi connectivity index (χ0n) is 14.9. The van der Waals surface area contributed by atoms with Crippen molar-refractivity contribution in [2.75, 3.05) is 4.90 Å². The molecule has 0 saturated carbocycles. The second-order valence-electron chi connectivity index (χ2n) is 6.21. The average Bonchev–Trinajstić information content (AvgIpc) is 3.34. The molecule has 0 N–H and O–H groups in total. The third kappa shape index (κ3) is 3.76. The first kappa shape index (κ1) is 18.6. The first-order chi connectivity index (χ1) is 13.5. The van der Waals surface area contributed by atoms with E-state index in [0.717, 1.165) is 14.7 Å². The number of thiazole rings is 1. The number of carbonyl (C=O) groups excluding carboxylic acids is 2. The molecule has 0 unspecified atom stereocenters. The minimum atomic E-state index is -0.204. The second kappa shape index (κ2) is 7.69. The predicted molar refractivity (Wildman–Crippen MR) is 113 cm³/mol. The number of anilines is 1. The quantitative estimate of drug-likeness (QED) is 0.362. The highest BCUT2D eigenvalue weighted by molar-refractivity contribution is 9.10. The molecule has 4 aromatic rings. The lowest BCUT2D eigenvalue weighted by atomic mass is 10.1. The molecule has 7 heteroatoms. The summed E-state index contributed by atoms with van der Waals surface area (Å²) in [5, 5.41) is 0.588. The van der Waals surface area contributed by atoms with Gasteiger partial charge in [-0.25, -0.2) is 4.98 Å². The molecule has 0 aliphatic heterocycles. The van der Waals surface area contributed by atoms with Crippen LogP contribution in [0.25, 0.3) is 10.2 Å². The van der Waals surface area contributed by atoms with Crippen LogP contribution >= 0.6 is 27.3 Å². The first-order valence-corrected chi connectivity index (χ1v) is 10.1. The molecular weight excluding hydrogens is 440 g/mol. The molecule has 0 fully saturated rings. The average molecular weight is 455 g/mol. The largest absolute Gasteiger partial charge is 0.467 e. The van der Waals surface area contributed by atoms with Crippen molar-refractivity contribution in [2.24, 2.45) is 0 Å². The Kier molecular flexibility index (Phi) is 5.11. The van der Waals surface area contributed by atoms with Crippen LogP contribution in [0.3, 0.4) is 0 Å². The van der Waals surface area contributed by atoms with Crippen LogP contribution in [0.5, 0.6) is 0 Å². The summed E-state index contributed by atoms with van der Waals surface area (Å²) in [7, 11) is 0. The molecular formula is C21H15BrN2O3S. The number of carbonyl (C=O) groups is 2. The zero-order chi connectivity index (χ0) is 19.7. The standard InChI is InChI=1S/C21H15BrN2O3S/c1-13(25)14-4-6-15(7-5-14)20(26)24(12-17-3-2-10-27-17)21-23-18-9-8-16(22)11-19(18)28-21/h2-11H,12H2,1H3. The van der Waals surface area contributed by atoms with Gasteiger partial charge >= 0.3 is 0 Å². The summed E-state index contributed by atoms with van der Waals surface area (Å²) in [6.07, 6.45) is 1.58. The molecule has 1 amide bonds. The molecule has 0 bridgehead atoms. The van der Waals surface area contributed by atoms with E-state index in [1.165, 1.54) is 18.3 Å². The van der Waals surface area contributed by atoms with Gasteiger partial charge in [-0.15, -0.1) is 0 Å². The number of benzene rings is 2. The van der Waals surface area contributed by atoms with Gasteiger partial charge in [-0.2, -0.15) is 0 Å². The van der Waals surface area contributed by atoms with Gasteiger partial charge in [-0.05, 0) is 49.4 Å². The van der Waals surface area contributed by atoms with E-state index in [0.29, 0.717) is 22.0 Å². The molecule has 2 aromatic heterocycles. The fourth-order valence-electron chi connectivity index (χ4n) is 2.79. The van der Waals surface area contributed by atoms with Crippen LogP contribution in [0, 0.1) is 0 Å². The summed E-state index contributed by atoms with van der Waals surface area (Å²) in [5.41, 5.74) is 1.88. The lowest BCUT2D eigenvalue weighted by Crippen LogP contribution is -2.30. The van der Waals surface area contributed by atoms with Gasteiger partial charge < -0.3 is 4.42 Å². The molecule has 4 rings (SSSR count). The Balaban J connectivity index is 1.73. The summed E-state index contributed by atoms with van der Waals surface area (Å²) in [4.78, 5) is 31.0. The summed E-state index contributed by atoms with van der Waals surface area (Å²) >= 11 is 4.91. The smallest absolute Gasteiger partial charge is 0.260 e. The van der Waals surface area contributed by atoms with E-state index < -0.39 is 0 Å². The highest BCUT2D eigenvalue weighted by atomic mass is 79.9. The zero-order valence-corrected chi connectivity index (χ0v) is 17.3. The Morgan fingerprint density at radius 2 is 1.86 bits per heavy atom. The number of Topliss-reactive ketones (excluding diaryl/α,β-unsaturated/α-hetero) is 1. The SMILES string of the molecule is CC(=O)c1ccc(C(=O)N(Cc2ccco2)c2nc3ccc(Br)cc3s2)cc1. The van der Waals surface area contributed by atoms with E-state index in [9.17, 15) is 9.59 Å². The molecule has 0 aliphatic carbocycles. The molecule has 0 saturated heterocycles. The van der Waals surface area contributed by atoms with Crippen molar-refractivity contribution in [3.8, 4) is 0 Å². The number of rotatable bonds is 5. The molecule has 140 valence electrons. The fraction of sp³-hybridized carbons (Fsp3) is 0.0952. The van der Waals surface area contributed by atoms with Crippen molar-refractivity contribution in [2.45, 2.75) is 13.5 Å². The van der Waals surface area contributed by atoms with Crippen LogP contribution in [0.4, 0.5) is 5.13 Å². The van der Waals surface area contributed by atoms with Crippen LogP contribution in [0.1, 0.15) is 33.4 Å². The highest BCUT2D eigenvalue weighted by Gasteiger charge is 2.23. The van der Waals surface area contributed by atoms with E-state index in [4.69, 9.17) is 4.42 Å². The van der Waals surface area contributed by atoms with E-state index >= 15 is 0 Å². The monoisotopic (exact) mass is 454 g/mol. The Morgan fingerprint density at radius 1 is 1.11 bits per heavy atom. The summed E-state index contributed by atoms with van der Waals surface area (Å²) in [5.74, 6) is 0.418. The number of hydrogen-bond donors (Lipinski definition) is 0. The third-order valence-electron chi connectivity index (χ3n) is 4.25. The molecule has 0 radical (unpaired) electrons. The molecule has 28 heavy (non-hydrogen) atoms. The summed E-state index contributed by atoms with van der Waals surface area (Å²) in [6, 6.07) is 16.1. The highest BCUT2D eigenvalue weighted by Crippen LogP contribution is 2.32. The number of ketones is 1. The molecule has 2 heterocycles. The van der Waals surface area contributed by atoms with Crippen LogP contribution in [0.2, 0.25) is 0 Å². The molecule has 2 aromatic carbocycles. The van der Waals surface area contributed by atoms with E-state index in [1.54, 1.807) is 41.5 Å². The molecule has 0 aliphatic rings. The summed E-state index contributed by atoms with van der Waals surface area (Å²) in [6.45, 7) is 1.76. The Hall–Kier alpha value is -2.77. The maximum atomic E-state index is 13.3. The number of halogens is 1. The Labute approximate surface area is 173 Å².